The molecular formula is C20H29ClN6O. The Hall–Kier alpha value is -1.99. The number of ether oxygens (including phenoxy) is 1. The Kier molecular flexibility index (Phi) is 5.64. The van der Waals surface area contributed by atoms with Crippen molar-refractivity contribution < 1.29 is 4.74 Å². The molecule has 3 aliphatic rings. The molecule has 8 heteroatoms. The summed E-state index contributed by atoms with van der Waals surface area (Å²) in [6.07, 6.45) is 7.74. The Bertz CT molecular complexity index is 768. The summed E-state index contributed by atoms with van der Waals surface area (Å²) in [6.45, 7) is 3.89. The lowest BCUT2D eigenvalue weighted by Gasteiger charge is -2.45. The molecule has 7 nitrogen and oxygen atoms in total. The van der Waals surface area contributed by atoms with Crippen LogP contribution in [0, 0.1) is 0 Å². The van der Waals surface area contributed by atoms with Crippen molar-refractivity contribution in [2.75, 3.05) is 31.1 Å². The smallest absolute Gasteiger partial charge is 0.220 e. The van der Waals surface area contributed by atoms with Gasteiger partial charge in [-0.25, -0.2) is 4.99 Å². The van der Waals surface area contributed by atoms with Gasteiger partial charge < -0.3 is 16.2 Å². The predicted molar refractivity (Wildman–Crippen MR) is 114 cm³/mol. The van der Waals surface area contributed by atoms with Gasteiger partial charge in [0.15, 0.2) is 0 Å². The van der Waals surface area contributed by atoms with Crippen LogP contribution < -0.4 is 21.1 Å². The first kappa shape index (κ1) is 19.3. The normalized spacial score (nSPS) is 22.2. The lowest BCUT2D eigenvalue weighted by Crippen LogP contribution is -2.58. The first-order valence-electron chi connectivity index (χ1n) is 10.2. The fraction of sp³-hybridized carbons (Fsp3) is 0.600. The van der Waals surface area contributed by atoms with E-state index in [2.05, 4.69) is 9.89 Å². The molecule has 0 bridgehead atoms. The molecule has 1 saturated carbocycles. The van der Waals surface area contributed by atoms with E-state index in [0.29, 0.717) is 23.3 Å². The second-order valence-electron chi connectivity index (χ2n) is 7.83. The standard InChI is InChI=1S/C20H29ClN6O/c21-16-14-15(6-7-17(16)28-13-12-26-10-4-5-11-26)27-19(23)24-18(22)25-20(27)8-2-1-3-9-20/h6-7,14H,1-5,8-13H2,(H4,22,23,24,25). The summed E-state index contributed by atoms with van der Waals surface area (Å²) in [5.41, 5.74) is 12.6. The second kappa shape index (κ2) is 8.17. The zero-order chi connectivity index (χ0) is 19.6. The summed E-state index contributed by atoms with van der Waals surface area (Å²) < 4.78 is 5.92. The molecule has 0 atom stereocenters. The number of nitrogens with zero attached hydrogens (tertiary/aromatic N) is 4. The molecule has 0 aromatic heterocycles. The van der Waals surface area contributed by atoms with Crippen LogP contribution in [-0.4, -0.2) is 48.7 Å². The third-order valence-corrected chi connectivity index (χ3v) is 6.18. The van der Waals surface area contributed by atoms with Crippen molar-refractivity contribution in [1.82, 2.24) is 4.90 Å². The summed E-state index contributed by atoms with van der Waals surface area (Å²) in [5.74, 6) is 1.31. The van der Waals surface area contributed by atoms with Crippen LogP contribution >= 0.6 is 11.6 Å². The van der Waals surface area contributed by atoms with Crippen LogP contribution in [0.4, 0.5) is 5.69 Å². The highest BCUT2D eigenvalue weighted by Gasteiger charge is 2.42. The summed E-state index contributed by atoms with van der Waals surface area (Å²) in [4.78, 5) is 13.3. The molecule has 0 radical (unpaired) electrons. The van der Waals surface area contributed by atoms with Crippen LogP contribution in [0.1, 0.15) is 44.9 Å². The van der Waals surface area contributed by atoms with Crippen LogP contribution in [-0.2, 0) is 0 Å². The van der Waals surface area contributed by atoms with E-state index in [9.17, 15) is 0 Å². The molecule has 1 aromatic carbocycles. The molecule has 28 heavy (non-hydrogen) atoms. The SMILES string of the molecule is NC1=NC2(CCCCC2)N(c2ccc(OCCN3CCCC3)c(Cl)c2)C(N)=N1. The minimum absolute atomic E-state index is 0.253. The van der Waals surface area contributed by atoms with Crippen molar-refractivity contribution in [3.63, 3.8) is 0 Å². The Morgan fingerprint density at radius 2 is 1.82 bits per heavy atom. The van der Waals surface area contributed by atoms with Gasteiger partial charge >= 0.3 is 0 Å². The fourth-order valence-corrected chi connectivity index (χ4v) is 4.76. The van der Waals surface area contributed by atoms with Gasteiger partial charge in [0.05, 0.1) is 5.02 Å². The zero-order valence-electron chi connectivity index (χ0n) is 16.2. The molecule has 0 unspecified atom stereocenters. The molecule has 2 heterocycles. The summed E-state index contributed by atoms with van der Waals surface area (Å²) in [6, 6.07) is 5.78. The lowest BCUT2D eigenvalue weighted by molar-refractivity contribution is 0.238. The van der Waals surface area contributed by atoms with Crippen molar-refractivity contribution in [2.45, 2.75) is 50.6 Å². The van der Waals surface area contributed by atoms with Gasteiger partial charge in [-0.3, -0.25) is 9.80 Å². The van der Waals surface area contributed by atoms with Crippen LogP contribution in [0.15, 0.2) is 28.2 Å². The van der Waals surface area contributed by atoms with E-state index in [-0.39, 0.29) is 5.96 Å². The Balaban J connectivity index is 1.51. The maximum absolute atomic E-state index is 6.54. The van der Waals surface area contributed by atoms with Gasteiger partial charge in [-0.15, -0.1) is 0 Å². The van der Waals surface area contributed by atoms with Crippen LogP contribution in [0.3, 0.4) is 0 Å². The Morgan fingerprint density at radius 3 is 2.54 bits per heavy atom. The molecule has 1 aromatic rings. The maximum atomic E-state index is 6.54. The number of likely N-dealkylation sites (tertiary alicyclic amines) is 1. The number of nitrogens with two attached hydrogens (primary N) is 2. The lowest BCUT2D eigenvalue weighted by atomic mass is 9.87. The molecule has 2 aliphatic heterocycles. The molecule has 2 fully saturated rings. The number of hydrogen-bond acceptors (Lipinski definition) is 7. The highest BCUT2D eigenvalue weighted by atomic mass is 35.5. The monoisotopic (exact) mass is 404 g/mol. The Labute approximate surface area is 171 Å². The van der Waals surface area contributed by atoms with Gasteiger partial charge in [0.25, 0.3) is 0 Å². The molecule has 1 aliphatic carbocycles. The number of aliphatic imine (C=N–C) groups is 2. The third kappa shape index (κ3) is 3.91. The average Bonchev–Trinajstić information content (AvgIpc) is 3.17. The number of rotatable bonds is 5. The second-order valence-corrected chi connectivity index (χ2v) is 8.24. The van der Waals surface area contributed by atoms with Gasteiger partial charge in [-0.1, -0.05) is 18.0 Å². The quantitative estimate of drug-likeness (QED) is 0.787. The summed E-state index contributed by atoms with van der Waals surface area (Å²) >= 11 is 6.54. The number of hydrogen-bond donors (Lipinski definition) is 2. The zero-order valence-corrected chi connectivity index (χ0v) is 17.0. The minimum Gasteiger partial charge on any atom is -0.491 e. The van der Waals surface area contributed by atoms with E-state index in [0.717, 1.165) is 51.0 Å². The Morgan fingerprint density at radius 1 is 1.07 bits per heavy atom. The molecule has 4 N–H and O–H groups in total. The maximum Gasteiger partial charge on any atom is 0.220 e. The predicted octanol–water partition coefficient (Wildman–Crippen LogP) is 2.92. The number of anilines is 1. The molecule has 1 saturated heterocycles. The average molecular weight is 405 g/mol. The van der Waals surface area contributed by atoms with Crippen molar-refractivity contribution in [2.24, 2.45) is 21.5 Å². The summed E-state index contributed by atoms with van der Waals surface area (Å²) in [7, 11) is 0. The van der Waals surface area contributed by atoms with E-state index in [1.165, 1.54) is 19.3 Å². The largest absolute Gasteiger partial charge is 0.491 e. The fourth-order valence-electron chi connectivity index (χ4n) is 4.53. The first-order valence-corrected chi connectivity index (χ1v) is 10.6. The summed E-state index contributed by atoms with van der Waals surface area (Å²) in [5, 5.41) is 0.570. The van der Waals surface area contributed by atoms with E-state index < -0.39 is 5.66 Å². The van der Waals surface area contributed by atoms with E-state index in [4.69, 9.17) is 32.8 Å². The molecule has 152 valence electrons. The van der Waals surface area contributed by atoms with E-state index >= 15 is 0 Å². The highest BCUT2D eigenvalue weighted by molar-refractivity contribution is 6.32. The van der Waals surface area contributed by atoms with E-state index in [1.54, 1.807) is 0 Å². The topological polar surface area (TPSA) is 92.5 Å². The third-order valence-electron chi connectivity index (χ3n) is 5.89. The van der Waals surface area contributed by atoms with Crippen molar-refractivity contribution in [1.29, 1.82) is 0 Å². The highest BCUT2D eigenvalue weighted by Crippen LogP contribution is 2.41. The van der Waals surface area contributed by atoms with Gasteiger partial charge in [-0.2, -0.15) is 4.99 Å². The van der Waals surface area contributed by atoms with Crippen molar-refractivity contribution >= 4 is 29.2 Å². The van der Waals surface area contributed by atoms with Crippen LogP contribution in [0.2, 0.25) is 5.02 Å². The van der Waals surface area contributed by atoms with Gasteiger partial charge in [0.1, 0.15) is 18.0 Å². The van der Waals surface area contributed by atoms with Crippen LogP contribution in [0.25, 0.3) is 0 Å². The number of halogens is 1. The molecule has 0 amide bonds. The first-order chi connectivity index (χ1) is 13.6. The number of benzene rings is 1. The molecule has 4 rings (SSSR count). The number of guanidine groups is 2. The van der Waals surface area contributed by atoms with Gasteiger partial charge in [0, 0.05) is 12.2 Å². The van der Waals surface area contributed by atoms with Gasteiger partial charge in [-0.05, 0) is 69.8 Å². The van der Waals surface area contributed by atoms with Crippen molar-refractivity contribution in [3.8, 4) is 5.75 Å². The van der Waals surface area contributed by atoms with E-state index in [1.807, 2.05) is 23.1 Å². The van der Waals surface area contributed by atoms with Crippen LogP contribution in [0.5, 0.6) is 5.75 Å². The molecule has 1 spiro atoms. The van der Waals surface area contributed by atoms with Crippen molar-refractivity contribution in [3.05, 3.63) is 23.2 Å². The molecular weight excluding hydrogens is 376 g/mol. The van der Waals surface area contributed by atoms with Gasteiger partial charge in [0.2, 0.25) is 11.9 Å². The minimum atomic E-state index is -0.463.